The van der Waals surface area contributed by atoms with E-state index < -0.39 is 0 Å². The van der Waals surface area contributed by atoms with E-state index in [1.807, 2.05) is 20.9 Å². The van der Waals surface area contributed by atoms with Crippen LogP contribution in [-0.2, 0) is 7.05 Å². The number of aliphatic hydroxyl groups is 1. The van der Waals surface area contributed by atoms with Gasteiger partial charge in [-0.3, -0.25) is 0 Å². The Morgan fingerprint density at radius 3 is 2.50 bits per heavy atom. The SMILES string of the molecule is C=C(O)c1sc(N2CCCCC2)nc1-c1ncnn1C.CC. The van der Waals surface area contributed by atoms with Crippen molar-refractivity contribution in [3.8, 4) is 11.5 Å². The largest absolute Gasteiger partial charge is 0.507 e. The Kier molecular flexibility index (Phi) is 5.54. The Labute approximate surface area is 135 Å². The predicted molar refractivity (Wildman–Crippen MR) is 91.2 cm³/mol. The maximum absolute atomic E-state index is 9.81. The number of hydrogen-bond donors (Lipinski definition) is 1. The minimum absolute atomic E-state index is 0.0313. The quantitative estimate of drug-likeness (QED) is 0.877. The van der Waals surface area contributed by atoms with Crippen LogP contribution in [0.25, 0.3) is 17.3 Å². The van der Waals surface area contributed by atoms with Crippen molar-refractivity contribution in [2.45, 2.75) is 33.1 Å². The lowest BCUT2D eigenvalue weighted by Gasteiger charge is -2.25. The fourth-order valence-electron chi connectivity index (χ4n) is 2.39. The molecule has 120 valence electrons. The molecule has 0 amide bonds. The fourth-order valence-corrected chi connectivity index (χ4v) is 3.37. The van der Waals surface area contributed by atoms with Gasteiger partial charge in [0.05, 0.1) is 0 Å². The van der Waals surface area contributed by atoms with Crippen molar-refractivity contribution in [3.05, 3.63) is 17.8 Å². The Bertz CT molecular complexity index is 628. The molecule has 0 saturated carbocycles. The molecule has 2 aromatic heterocycles. The van der Waals surface area contributed by atoms with E-state index in [-0.39, 0.29) is 5.76 Å². The molecule has 2 aromatic rings. The van der Waals surface area contributed by atoms with E-state index in [9.17, 15) is 5.11 Å². The standard InChI is InChI=1S/C13H17N5OS.C2H6/c1-9(19)11-10(12-14-8-15-17(12)2)16-13(20-11)18-6-4-3-5-7-18;1-2/h8,19H,1,3-7H2,2H3;1-2H3. The highest BCUT2D eigenvalue weighted by Gasteiger charge is 2.22. The molecule has 1 aliphatic rings. The van der Waals surface area contributed by atoms with Gasteiger partial charge >= 0.3 is 0 Å². The molecule has 0 aromatic carbocycles. The van der Waals surface area contributed by atoms with Crippen LogP contribution in [0, 0.1) is 0 Å². The number of piperidine rings is 1. The Balaban J connectivity index is 0.000000847. The van der Waals surface area contributed by atoms with E-state index >= 15 is 0 Å². The molecule has 1 N–H and O–H groups in total. The number of anilines is 1. The van der Waals surface area contributed by atoms with Gasteiger partial charge in [-0.25, -0.2) is 14.6 Å². The molecule has 1 aliphatic heterocycles. The van der Waals surface area contributed by atoms with E-state index in [2.05, 4.69) is 26.5 Å². The number of aliphatic hydroxyl groups excluding tert-OH is 1. The maximum Gasteiger partial charge on any atom is 0.186 e. The minimum Gasteiger partial charge on any atom is -0.507 e. The third kappa shape index (κ3) is 3.30. The summed E-state index contributed by atoms with van der Waals surface area (Å²) < 4.78 is 1.65. The average Bonchev–Trinajstić information content (AvgIpc) is 3.16. The number of aryl methyl sites for hydroxylation is 1. The number of nitrogens with zero attached hydrogens (tertiary/aromatic N) is 5. The number of aromatic nitrogens is 4. The van der Waals surface area contributed by atoms with Crippen LogP contribution in [0.4, 0.5) is 5.13 Å². The predicted octanol–water partition coefficient (Wildman–Crippen LogP) is 3.48. The Hall–Kier alpha value is -1.89. The minimum atomic E-state index is 0.0313. The van der Waals surface area contributed by atoms with Crippen molar-refractivity contribution in [2.24, 2.45) is 7.05 Å². The molecule has 0 bridgehead atoms. The highest BCUT2D eigenvalue weighted by Crippen LogP contribution is 2.36. The van der Waals surface area contributed by atoms with E-state index in [1.165, 1.54) is 36.9 Å². The summed E-state index contributed by atoms with van der Waals surface area (Å²) >= 11 is 1.47. The fraction of sp³-hybridized carbons (Fsp3) is 0.533. The van der Waals surface area contributed by atoms with Gasteiger partial charge in [0.1, 0.15) is 22.7 Å². The molecule has 0 radical (unpaired) electrons. The molecular formula is C15H23N5OS. The van der Waals surface area contributed by atoms with E-state index in [0.29, 0.717) is 16.4 Å². The van der Waals surface area contributed by atoms with Crippen LogP contribution in [0.2, 0.25) is 0 Å². The van der Waals surface area contributed by atoms with Gasteiger partial charge < -0.3 is 10.0 Å². The third-order valence-corrected chi connectivity index (χ3v) is 4.59. The topological polar surface area (TPSA) is 67.1 Å². The van der Waals surface area contributed by atoms with Crippen LogP contribution in [-0.4, -0.2) is 37.9 Å². The lowest BCUT2D eigenvalue weighted by atomic mass is 10.1. The van der Waals surface area contributed by atoms with Crippen LogP contribution in [0.5, 0.6) is 0 Å². The van der Waals surface area contributed by atoms with Gasteiger partial charge in [0.15, 0.2) is 11.0 Å². The van der Waals surface area contributed by atoms with Gasteiger partial charge in [-0.1, -0.05) is 31.8 Å². The van der Waals surface area contributed by atoms with Gasteiger partial charge in [0.25, 0.3) is 0 Å². The lowest BCUT2D eigenvalue weighted by Crippen LogP contribution is -2.29. The van der Waals surface area contributed by atoms with Crippen molar-refractivity contribution < 1.29 is 5.11 Å². The summed E-state index contributed by atoms with van der Waals surface area (Å²) in [6.45, 7) is 9.67. The molecule has 1 fully saturated rings. The van der Waals surface area contributed by atoms with E-state index in [0.717, 1.165) is 18.2 Å². The van der Waals surface area contributed by atoms with E-state index in [4.69, 9.17) is 0 Å². The van der Waals surface area contributed by atoms with Crippen molar-refractivity contribution >= 4 is 22.2 Å². The summed E-state index contributed by atoms with van der Waals surface area (Å²) in [6.07, 6.45) is 5.14. The van der Waals surface area contributed by atoms with Gasteiger partial charge in [0, 0.05) is 20.1 Å². The van der Waals surface area contributed by atoms with Gasteiger partial charge in [-0.2, -0.15) is 5.10 Å². The van der Waals surface area contributed by atoms with Crippen LogP contribution >= 0.6 is 11.3 Å². The molecule has 22 heavy (non-hydrogen) atoms. The number of thiazole rings is 1. The summed E-state index contributed by atoms with van der Waals surface area (Å²) in [7, 11) is 1.81. The molecule has 0 atom stereocenters. The highest BCUT2D eigenvalue weighted by molar-refractivity contribution is 7.17. The molecule has 0 spiro atoms. The summed E-state index contributed by atoms with van der Waals surface area (Å²) in [4.78, 5) is 11.8. The van der Waals surface area contributed by atoms with Gasteiger partial charge in [-0.15, -0.1) is 0 Å². The average molecular weight is 321 g/mol. The van der Waals surface area contributed by atoms with Crippen molar-refractivity contribution in [2.75, 3.05) is 18.0 Å². The molecule has 3 rings (SSSR count). The summed E-state index contributed by atoms with van der Waals surface area (Å²) in [5, 5.41) is 14.8. The number of hydrogen-bond acceptors (Lipinski definition) is 6. The van der Waals surface area contributed by atoms with Gasteiger partial charge in [-0.05, 0) is 19.3 Å². The third-order valence-electron chi connectivity index (χ3n) is 3.43. The molecule has 0 aliphatic carbocycles. The van der Waals surface area contributed by atoms with E-state index in [1.54, 1.807) is 4.68 Å². The zero-order chi connectivity index (χ0) is 16.1. The molecular weight excluding hydrogens is 298 g/mol. The molecule has 7 heteroatoms. The van der Waals surface area contributed by atoms with Crippen molar-refractivity contribution in [3.63, 3.8) is 0 Å². The second kappa shape index (κ2) is 7.40. The first-order valence-electron chi connectivity index (χ1n) is 7.65. The van der Waals surface area contributed by atoms with Crippen LogP contribution in [0.15, 0.2) is 12.9 Å². The monoisotopic (exact) mass is 321 g/mol. The first kappa shape index (κ1) is 16.5. The second-order valence-electron chi connectivity index (χ2n) is 4.88. The highest BCUT2D eigenvalue weighted by atomic mass is 32.1. The zero-order valence-corrected chi connectivity index (χ0v) is 14.2. The first-order chi connectivity index (χ1) is 10.7. The summed E-state index contributed by atoms with van der Waals surface area (Å²) in [5.74, 6) is 0.679. The maximum atomic E-state index is 9.81. The van der Waals surface area contributed by atoms with Crippen LogP contribution in [0.1, 0.15) is 38.0 Å². The molecule has 6 nitrogen and oxygen atoms in total. The Morgan fingerprint density at radius 1 is 1.27 bits per heavy atom. The normalized spacial score (nSPS) is 14.4. The second-order valence-corrected chi connectivity index (χ2v) is 5.85. The lowest BCUT2D eigenvalue weighted by molar-refractivity contribution is 0.516. The molecule has 3 heterocycles. The summed E-state index contributed by atoms with van der Waals surface area (Å²) in [5.41, 5.74) is 0.656. The van der Waals surface area contributed by atoms with Crippen molar-refractivity contribution in [1.29, 1.82) is 0 Å². The molecule has 0 unspecified atom stereocenters. The molecule has 1 saturated heterocycles. The first-order valence-corrected chi connectivity index (χ1v) is 8.47. The zero-order valence-electron chi connectivity index (χ0n) is 13.4. The number of rotatable bonds is 3. The summed E-state index contributed by atoms with van der Waals surface area (Å²) in [6, 6.07) is 0. The van der Waals surface area contributed by atoms with Crippen LogP contribution < -0.4 is 4.90 Å². The smallest absolute Gasteiger partial charge is 0.186 e. The Morgan fingerprint density at radius 2 is 1.95 bits per heavy atom. The van der Waals surface area contributed by atoms with Crippen LogP contribution in [0.3, 0.4) is 0 Å². The van der Waals surface area contributed by atoms with Gasteiger partial charge in [0.2, 0.25) is 0 Å². The van der Waals surface area contributed by atoms with Crippen molar-refractivity contribution in [1.82, 2.24) is 19.7 Å².